The van der Waals surface area contributed by atoms with Crippen molar-refractivity contribution in [1.29, 1.82) is 0 Å². The zero-order valence-corrected chi connectivity index (χ0v) is 28.3. The van der Waals surface area contributed by atoms with Gasteiger partial charge in [0.25, 0.3) is 0 Å². The molecule has 0 unspecified atom stereocenters. The van der Waals surface area contributed by atoms with Crippen LogP contribution in [-0.2, 0) is 21.1 Å². The molecule has 3 heterocycles. The molecule has 0 radical (unpaired) electrons. The van der Waals surface area contributed by atoms with Gasteiger partial charge in [-0.15, -0.1) is 24.3 Å². The fourth-order valence-electron chi connectivity index (χ4n) is 6.44. The van der Waals surface area contributed by atoms with E-state index in [-0.39, 0.29) is 21.1 Å². The van der Waals surface area contributed by atoms with Crippen LogP contribution < -0.4 is 4.74 Å². The van der Waals surface area contributed by atoms with Gasteiger partial charge in [-0.05, 0) is 51.5 Å². The van der Waals surface area contributed by atoms with Gasteiger partial charge in [0.05, 0.1) is 6.20 Å². The Morgan fingerprint density at radius 1 is 0.612 bits per heavy atom. The molecule has 6 aromatic carbocycles. The Bertz CT molecular complexity index is 2600. The van der Waals surface area contributed by atoms with Crippen LogP contribution in [0.1, 0.15) is 0 Å². The molecule has 9 aromatic rings. The van der Waals surface area contributed by atoms with Gasteiger partial charge in [0.15, 0.2) is 0 Å². The van der Waals surface area contributed by atoms with Crippen molar-refractivity contribution in [3.63, 3.8) is 0 Å². The van der Waals surface area contributed by atoms with E-state index in [0.29, 0.717) is 11.6 Å². The number of hydrogen-bond donors (Lipinski definition) is 0. The summed E-state index contributed by atoms with van der Waals surface area (Å²) in [7, 11) is 0. The molecule has 5 nitrogen and oxygen atoms in total. The number of nitrogens with zero attached hydrogens (tertiary/aromatic N) is 4. The first-order valence-corrected chi connectivity index (χ1v) is 15.8. The molecule has 0 saturated carbocycles. The standard InChI is InChI=1S/C43H26N4O.Pt/c1-3-13-29(14-4-1)31-25-32(27-33(26-31)42-35-18-8-7-15-30(35)28-44-46-42)38-21-12-24-41(45-38)48-40-23-11-20-37-36-19-9-10-22-39(36)47(43(37)40)34-16-5-2-6-17-34;/h1-22,24-26,28H;/q-2;+2. The van der Waals surface area contributed by atoms with E-state index >= 15 is 0 Å². The van der Waals surface area contributed by atoms with Gasteiger partial charge in [0.2, 0.25) is 5.88 Å². The summed E-state index contributed by atoms with van der Waals surface area (Å²) < 4.78 is 8.84. The first-order valence-electron chi connectivity index (χ1n) is 15.8. The number of fused-ring (bicyclic) bond motifs is 4. The molecule has 0 atom stereocenters. The third kappa shape index (κ3) is 5.58. The Morgan fingerprint density at radius 3 is 2.20 bits per heavy atom. The van der Waals surface area contributed by atoms with Crippen LogP contribution >= 0.6 is 0 Å². The molecule has 234 valence electrons. The molecule has 9 rings (SSSR count). The molecule has 0 saturated heterocycles. The van der Waals surface area contributed by atoms with Crippen molar-refractivity contribution in [2.75, 3.05) is 0 Å². The van der Waals surface area contributed by atoms with Gasteiger partial charge >= 0.3 is 21.1 Å². The molecule has 6 heteroatoms. The number of hydrogen-bond acceptors (Lipinski definition) is 4. The van der Waals surface area contributed by atoms with Crippen LogP contribution in [0.25, 0.3) is 71.9 Å². The second-order valence-electron chi connectivity index (χ2n) is 11.6. The molecule has 0 spiro atoms. The summed E-state index contributed by atoms with van der Waals surface area (Å²) in [5, 5.41) is 13.2. The van der Waals surface area contributed by atoms with Crippen molar-refractivity contribution < 1.29 is 25.8 Å². The summed E-state index contributed by atoms with van der Waals surface area (Å²) in [6.07, 6.45) is 1.79. The van der Waals surface area contributed by atoms with Crippen LogP contribution in [-0.4, -0.2) is 19.7 Å². The van der Waals surface area contributed by atoms with Crippen molar-refractivity contribution in [3.05, 3.63) is 170 Å². The number of benzene rings is 6. The van der Waals surface area contributed by atoms with Crippen molar-refractivity contribution in [2.24, 2.45) is 0 Å². The first-order chi connectivity index (χ1) is 23.8. The Morgan fingerprint density at radius 2 is 1.35 bits per heavy atom. The Labute approximate surface area is 297 Å². The number of ether oxygens (including phenoxy) is 1. The largest absolute Gasteiger partial charge is 2.00 e. The topological polar surface area (TPSA) is 52.8 Å². The Kier molecular flexibility index (Phi) is 8.04. The van der Waals surface area contributed by atoms with Crippen molar-refractivity contribution >= 4 is 32.6 Å². The molecule has 0 N–H and O–H groups in total. The van der Waals surface area contributed by atoms with Gasteiger partial charge in [0, 0.05) is 28.3 Å². The van der Waals surface area contributed by atoms with Gasteiger partial charge in [-0.25, -0.2) is 0 Å². The average Bonchev–Trinajstić information content (AvgIpc) is 3.51. The predicted molar refractivity (Wildman–Crippen MR) is 192 cm³/mol. The minimum Gasteiger partial charge on any atom is -0.464 e. The van der Waals surface area contributed by atoms with Crippen molar-refractivity contribution in [3.8, 4) is 51.0 Å². The summed E-state index contributed by atoms with van der Waals surface area (Å²) in [6.45, 7) is 0. The third-order valence-electron chi connectivity index (χ3n) is 8.62. The van der Waals surface area contributed by atoms with E-state index in [2.05, 4.69) is 99.7 Å². The molecule has 0 amide bonds. The van der Waals surface area contributed by atoms with Crippen LogP contribution in [0.2, 0.25) is 0 Å². The quantitative estimate of drug-likeness (QED) is 0.157. The summed E-state index contributed by atoms with van der Waals surface area (Å²) >= 11 is 0. The maximum Gasteiger partial charge on any atom is 2.00 e. The van der Waals surface area contributed by atoms with E-state index in [4.69, 9.17) is 9.72 Å². The number of para-hydroxylation sites is 2. The third-order valence-corrected chi connectivity index (χ3v) is 8.62. The fraction of sp³-hybridized carbons (Fsp3) is 0. The van der Waals surface area contributed by atoms with Crippen LogP contribution in [0.15, 0.2) is 158 Å². The summed E-state index contributed by atoms with van der Waals surface area (Å²) in [6, 6.07) is 58.3. The molecule has 0 aliphatic rings. The molecule has 0 fully saturated rings. The van der Waals surface area contributed by atoms with Crippen LogP contribution in [0, 0.1) is 12.1 Å². The summed E-state index contributed by atoms with van der Waals surface area (Å²) in [4.78, 5) is 5.01. The number of rotatable bonds is 6. The minimum atomic E-state index is 0. The molecular weight excluding hydrogens is 784 g/mol. The van der Waals surface area contributed by atoms with Crippen LogP contribution in [0.3, 0.4) is 0 Å². The van der Waals surface area contributed by atoms with Crippen LogP contribution in [0.4, 0.5) is 0 Å². The maximum atomic E-state index is 6.61. The fourth-order valence-corrected chi connectivity index (χ4v) is 6.44. The average molecular weight is 810 g/mol. The molecule has 0 bridgehead atoms. The zero-order valence-electron chi connectivity index (χ0n) is 26.0. The van der Waals surface area contributed by atoms with Gasteiger partial charge in [-0.2, -0.15) is 22.3 Å². The predicted octanol–water partition coefficient (Wildman–Crippen LogP) is 10.5. The van der Waals surface area contributed by atoms with E-state index in [0.717, 1.165) is 71.9 Å². The van der Waals surface area contributed by atoms with E-state index in [1.165, 1.54) is 0 Å². The molecular formula is C43H26N4OPt. The van der Waals surface area contributed by atoms with Gasteiger partial charge in [-0.3, -0.25) is 4.98 Å². The Hall–Kier alpha value is -5.90. The monoisotopic (exact) mass is 809 g/mol. The SMILES string of the molecule is [Pt+2].[c-]1c(-c2cccc(Oc3[c-]ccc4c5ccccc5n(-c5ccccc5)c34)n2)cc(-c2ccccc2)cc1-c1nncc2ccccc12. The van der Waals surface area contributed by atoms with Gasteiger partial charge < -0.3 is 9.30 Å². The van der Waals surface area contributed by atoms with Gasteiger partial charge in [0.1, 0.15) is 0 Å². The normalized spacial score (nSPS) is 11.1. The maximum absolute atomic E-state index is 6.61. The van der Waals surface area contributed by atoms with Crippen molar-refractivity contribution in [1.82, 2.24) is 19.7 Å². The van der Waals surface area contributed by atoms with E-state index < -0.39 is 0 Å². The minimum absolute atomic E-state index is 0. The smallest absolute Gasteiger partial charge is 0.464 e. The molecule has 49 heavy (non-hydrogen) atoms. The summed E-state index contributed by atoms with van der Waals surface area (Å²) in [5.74, 6) is 1.07. The molecule has 0 aliphatic heterocycles. The summed E-state index contributed by atoms with van der Waals surface area (Å²) in [5.41, 5.74) is 8.38. The van der Waals surface area contributed by atoms with E-state index in [1.54, 1.807) is 6.20 Å². The number of aromatic nitrogens is 4. The van der Waals surface area contributed by atoms with Crippen LogP contribution in [0.5, 0.6) is 11.6 Å². The zero-order chi connectivity index (χ0) is 31.9. The molecule has 0 aliphatic carbocycles. The molecule has 3 aromatic heterocycles. The van der Waals surface area contributed by atoms with E-state index in [9.17, 15) is 0 Å². The first kappa shape index (κ1) is 30.4. The van der Waals surface area contributed by atoms with E-state index in [1.807, 2.05) is 78.9 Å². The second-order valence-corrected chi connectivity index (χ2v) is 11.6. The van der Waals surface area contributed by atoms with Gasteiger partial charge in [-0.1, -0.05) is 125 Å². The van der Waals surface area contributed by atoms with Crippen molar-refractivity contribution in [2.45, 2.75) is 0 Å². The Balaban J connectivity index is 0.00000348. The number of pyridine rings is 1. The second kappa shape index (κ2) is 13.0.